The highest BCUT2D eigenvalue weighted by atomic mass is 16.3. The lowest BCUT2D eigenvalue weighted by Crippen LogP contribution is -2.15. The fraction of sp³-hybridized carbons (Fsp3) is 0.400. The maximum atomic E-state index is 9.36. The maximum absolute atomic E-state index is 9.36. The first kappa shape index (κ1) is 9.86. The van der Waals surface area contributed by atoms with Gasteiger partial charge in [0, 0.05) is 18.3 Å². The molecule has 3 heteroatoms. The fourth-order valence-electron chi connectivity index (χ4n) is 0.985. The highest BCUT2D eigenvalue weighted by Crippen LogP contribution is 2.20. The van der Waals surface area contributed by atoms with E-state index in [9.17, 15) is 5.11 Å². The topological polar surface area (TPSA) is 52.5 Å². The zero-order valence-corrected chi connectivity index (χ0v) is 7.91. The van der Waals surface area contributed by atoms with E-state index in [1.807, 2.05) is 19.1 Å². The van der Waals surface area contributed by atoms with Gasteiger partial charge >= 0.3 is 0 Å². The molecule has 0 amide bonds. The minimum atomic E-state index is -0.386. The third-order valence-electron chi connectivity index (χ3n) is 1.81. The van der Waals surface area contributed by atoms with Crippen LogP contribution in [-0.4, -0.2) is 22.9 Å². The Morgan fingerprint density at radius 3 is 2.69 bits per heavy atom. The summed E-state index contributed by atoms with van der Waals surface area (Å²) in [6.45, 7) is 4.04. The van der Waals surface area contributed by atoms with Crippen LogP contribution in [0.1, 0.15) is 12.5 Å². The quantitative estimate of drug-likeness (QED) is 0.662. The normalized spacial score (nSPS) is 12.5. The molecule has 3 nitrogen and oxygen atoms in total. The van der Waals surface area contributed by atoms with Crippen molar-refractivity contribution in [2.24, 2.45) is 0 Å². The Balaban J connectivity index is 2.63. The largest absolute Gasteiger partial charge is 0.508 e. The third kappa shape index (κ3) is 2.95. The summed E-state index contributed by atoms with van der Waals surface area (Å²) in [5, 5.41) is 21.4. The summed E-state index contributed by atoms with van der Waals surface area (Å²) in [4.78, 5) is 0. The molecule has 1 aromatic carbocycles. The van der Waals surface area contributed by atoms with Gasteiger partial charge in [0.05, 0.1) is 6.10 Å². The molecule has 0 heterocycles. The van der Waals surface area contributed by atoms with Gasteiger partial charge in [0.1, 0.15) is 5.75 Å². The lowest BCUT2D eigenvalue weighted by Gasteiger charge is -2.09. The van der Waals surface area contributed by atoms with Crippen LogP contribution in [0.4, 0.5) is 5.69 Å². The van der Waals surface area contributed by atoms with Gasteiger partial charge < -0.3 is 15.5 Å². The number of phenols is 1. The predicted octanol–water partition coefficient (Wildman–Crippen LogP) is 1.49. The van der Waals surface area contributed by atoms with Crippen LogP contribution in [0, 0.1) is 6.92 Å². The van der Waals surface area contributed by atoms with E-state index in [1.54, 1.807) is 13.0 Å². The first-order valence-electron chi connectivity index (χ1n) is 4.31. The molecular weight excluding hydrogens is 166 g/mol. The van der Waals surface area contributed by atoms with Crippen molar-refractivity contribution in [3.63, 3.8) is 0 Å². The van der Waals surface area contributed by atoms with Crippen LogP contribution in [0.3, 0.4) is 0 Å². The molecule has 0 aliphatic rings. The Labute approximate surface area is 78.0 Å². The highest BCUT2D eigenvalue weighted by Gasteiger charge is 1.99. The average molecular weight is 181 g/mol. The maximum Gasteiger partial charge on any atom is 0.120 e. The Kier molecular flexibility index (Phi) is 3.14. The van der Waals surface area contributed by atoms with Gasteiger partial charge in [-0.25, -0.2) is 0 Å². The number of nitrogens with one attached hydrogen (secondary N) is 1. The molecule has 0 radical (unpaired) electrons. The summed E-state index contributed by atoms with van der Waals surface area (Å²) in [6.07, 6.45) is -0.386. The molecule has 0 saturated carbocycles. The molecule has 0 aromatic heterocycles. The first-order valence-corrected chi connectivity index (χ1v) is 4.31. The number of aromatic hydroxyl groups is 1. The molecule has 0 spiro atoms. The number of hydrogen-bond donors (Lipinski definition) is 3. The lowest BCUT2D eigenvalue weighted by molar-refractivity contribution is 0.208. The van der Waals surface area contributed by atoms with Gasteiger partial charge in [0.15, 0.2) is 0 Å². The molecular formula is C10H15NO2. The second kappa shape index (κ2) is 4.14. The second-order valence-corrected chi connectivity index (χ2v) is 3.23. The van der Waals surface area contributed by atoms with E-state index in [1.165, 1.54) is 0 Å². The van der Waals surface area contributed by atoms with Crippen LogP contribution in [0.2, 0.25) is 0 Å². The Morgan fingerprint density at radius 1 is 1.46 bits per heavy atom. The Hall–Kier alpha value is -1.22. The van der Waals surface area contributed by atoms with Gasteiger partial charge in [-0.3, -0.25) is 0 Å². The molecule has 1 atom stereocenters. The van der Waals surface area contributed by atoms with E-state index in [0.29, 0.717) is 6.54 Å². The van der Waals surface area contributed by atoms with Gasteiger partial charge in [0.25, 0.3) is 0 Å². The summed E-state index contributed by atoms with van der Waals surface area (Å²) in [7, 11) is 0. The van der Waals surface area contributed by atoms with Gasteiger partial charge in [-0.05, 0) is 25.5 Å². The molecule has 72 valence electrons. The number of aliphatic hydroxyl groups excluding tert-OH is 1. The monoisotopic (exact) mass is 181 g/mol. The minimum Gasteiger partial charge on any atom is -0.508 e. The molecule has 3 N–H and O–H groups in total. The molecule has 0 aliphatic carbocycles. The van der Waals surface area contributed by atoms with Crippen molar-refractivity contribution < 1.29 is 10.2 Å². The van der Waals surface area contributed by atoms with Gasteiger partial charge in [0.2, 0.25) is 0 Å². The summed E-state index contributed by atoms with van der Waals surface area (Å²) in [6, 6.07) is 5.36. The SMILES string of the molecule is Cc1ccc(NCC(C)O)cc1O. The molecule has 1 unspecified atom stereocenters. The van der Waals surface area contributed by atoms with Crippen molar-refractivity contribution in [1.29, 1.82) is 0 Å². The van der Waals surface area contributed by atoms with Crippen molar-refractivity contribution in [1.82, 2.24) is 0 Å². The van der Waals surface area contributed by atoms with E-state index < -0.39 is 0 Å². The summed E-state index contributed by atoms with van der Waals surface area (Å²) < 4.78 is 0. The molecule has 1 aromatic rings. The number of phenolic OH excluding ortho intramolecular Hbond substituents is 1. The average Bonchev–Trinajstić information content (AvgIpc) is 2.07. The molecule has 1 rings (SSSR count). The summed E-state index contributed by atoms with van der Waals surface area (Å²) in [5.41, 5.74) is 1.67. The predicted molar refractivity (Wildman–Crippen MR) is 53.0 cm³/mol. The van der Waals surface area contributed by atoms with Gasteiger partial charge in [-0.15, -0.1) is 0 Å². The number of anilines is 1. The number of aryl methyl sites for hydroxylation is 1. The highest BCUT2D eigenvalue weighted by molar-refractivity contribution is 5.50. The van der Waals surface area contributed by atoms with Crippen molar-refractivity contribution >= 4 is 5.69 Å². The minimum absolute atomic E-state index is 0.274. The second-order valence-electron chi connectivity index (χ2n) is 3.23. The Morgan fingerprint density at radius 2 is 2.15 bits per heavy atom. The van der Waals surface area contributed by atoms with E-state index >= 15 is 0 Å². The van der Waals surface area contributed by atoms with Crippen molar-refractivity contribution in [3.05, 3.63) is 23.8 Å². The smallest absolute Gasteiger partial charge is 0.120 e. The Bertz CT molecular complexity index is 284. The molecule has 0 bridgehead atoms. The first-order chi connectivity index (χ1) is 6.09. The standard InChI is InChI=1S/C10H15NO2/c1-7-3-4-9(5-10(7)13)11-6-8(2)12/h3-5,8,11-13H,6H2,1-2H3. The number of rotatable bonds is 3. The van der Waals surface area contributed by atoms with Crippen LogP contribution in [0.5, 0.6) is 5.75 Å². The van der Waals surface area contributed by atoms with E-state index in [0.717, 1.165) is 11.3 Å². The van der Waals surface area contributed by atoms with Crippen LogP contribution < -0.4 is 5.32 Å². The van der Waals surface area contributed by atoms with Gasteiger partial charge in [-0.2, -0.15) is 0 Å². The van der Waals surface area contributed by atoms with E-state index in [4.69, 9.17) is 5.11 Å². The van der Waals surface area contributed by atoms with Crippen molar-refractivity contribution in [3.8, 4) is 5.75 Å². The van der Waals surface area contributed by atoms with Crippen LogP contribution in [0.15, 0.2) is 18.2 Å². The summed E-state index contributed by atoms with van der Waals surface area (Å²) >= 11 is 0. The summed E-state index contributed by atoms with van der Waals surface area (Å²) in [5.74, 6) is 0.274. The van der Waals surface area contributed by atoms with E-state index in [2.05, 4.69) is 5.32 Å². The van der Waals surface area contributed by atoms with Crippen LogP contribution in [-0.2, 0) is 0 Å². The van der Waals surface area contributed by atoms with Gasteiger partial charge in [-0.1, -0.05) is 6.07 Å². The molecule has 0 aliphatic heterocycles. The fourth-order valence-corrected chi connectivity index (χ4v) is 0.985. The zero-order valence-electron chi connectivity index (χ0n) is 7.91. The third-order valence-corrected chi connectivity index (χ3v) is 1.81. The number of benzene rings is 1. The van der Waals surface area contributed by atoms with Crippen LogP contribution in [0.25, 0.3) is 0 Å². The molecule has 0 fully saturated rings. The lowest BCUT2D eigenvalue weighted by atomic mass is 10.2. The van der Waals surface area contributed by atoms with Crippen molar-refractivity contribution in [2.75, 3.05) is 11.9 Å². The molecule has 13 heavy (non-hydrogen) atoms. The van der Waals surface area contributed by atoms with E-state index in [-0.39, 0.29) is 11.9 Å². The number of hydrogen-bond acceptors (Lipinski definition) is 3. The van der Waals surface area contributed by atoms with Crippen molar-refractivity contribution in [2.45, 2.75) is 20.0 Å². The zero-order chi connectivity index (χ0) is 9.84. The molecule has 0 saturated heterocycles. The van der Waals surface area contributed by atoms with Crippen LogP contribution >= 0.6 is 0 Å². The number of aliphatic hydroxyl groups is 1.